The van der Waals surface area contributed by atoms with Gasteiger partial charge in [-0.15, -0.1) is 0 Å². The van der Waals surface area contributed by atoms with E-state index in [1.54, 1.807) is 24.4 Å². The summed E-state index contributed by atoms with van der Waals surface area (Å²) in [4.78, 5) is 12.2. The fourth-order valence-corrected chi connectivity index (χ4v) is 2.63. The topological polar surface area (TPSA) is 59.9 Å². The van der Waals surface area contributed by atoms with Gasteiger partial charge in [-0.3, -0.25) is 4.79 Å². The summed E-state index contributed by atoms with van der Waals surface area (Å²) >= 11 is 0. The van der Waals surface area contributed by atoms with Crippen LogP contribution < -0.4 is 14.9 Å². The van der Waals surface area contributed by atoms with Crippen LogP contribution in [0.1, 0.15) is 15.9 Å². The van der Waals surface area contributed by atoms with Crippen LogP contribution >= 0.6 is 0 Å². The summed E-state index contributed by atoms with van der Waals surface area (Å²) in [6.45, 7) is 0.180. The normalized spacial score (nSPS) is 12.7. The van der Waals surface area contributed by atoms with Crippen molar-refractivity contribution in [2.75, 3.05) is 6.79 Å². The van der Waals surface area contributed by atoms with Gasteiger partial charge < -0.3 is 9.47 Å². The first-order valence-electron chi connectivity index (χ1n) is 7.52. The number of amides is 1. The lowest BCUT2D eigenvalue weighted by molar-refractivity contribution is 0.0954. The number of hydrazone groups is 1. The molecule has 0 unspecified atom stereocenters. The third-order valence-electron chi connectivity index (χ3n) is 3.83. The Morgan fingerprint density at radius 3 is 2.79 bits per heavy atom. The minimum atomic E-state index is -0.301. The minimum absolute atomic E-state index is 0.180. The second kappa shape index (κ2) is 6.04. The third kappa shape index (κ3) is 2.67. The molecule has 0 aliphatic carbocycles. The van der Waals surface area contributed by atoms with Gasteiger partial charge in [0.25, 0.3) is 5.91 Å². The molecule has 118 valence electrons. The molecule has 0 fully saturated rings. The molecule has 0 bridgehead atoms. The van der Waals surface area contributed by atoms with Gasteiger partial charge in [0.1, 0.15) is 0 Å². The van der Waals surface area contributed by atoms with Crippen LogP contribution in [0.25, 0.3) is 10.8 Å². The highest BCUT2D eigenvalue weighted by atomic mass is 16.7. The number of rotatable bonds is 3. The second-order valence-corrected chi connectivity index (χ2v) is 5.34. The van der Waals surface area contributed by atoms with Crippen molar-refractivity contribution in [3.63, 3.8) is 0 Å². The number of carbonyl (C=O) groups excluding carboxylic acids is 1. The van der Waals surface area contributed by atoms with Gasteiger partial charge in [0.05, 0.1) is 6.21 Å². The molecular formula is C19H14N2O3. The molecule has 0 radical (unpaired) electrons. The molecule has 0 saturated carbocycles. The van der Waals surface area contributed by atoms with Crippen LogP contribution in [0.5, 0.6) is 11.5 Å². The summed E-state index contributed by atoms with van der Waals surface area (Å²) in [5.74, 6) is 0.913. The van der Waals surface area contributed by atoms with Crippen LogP contribution in [-0.2, 0) is 0 Å². The first-order chi connectivity index (χ1) is 11.8. The molecule has 24 heavy (non-hydrogen) atoms. The predicted octanol–water partition coefficient (Wildman–Crippen LogP) is 3.33. The number of hydrogen-bond acceptors (Lipinski definition) is 4. The number of ether oxygens (including phenoxy) is 2. The van der Waals surface area contributed by atoms with E-state index < -0.39 is 0 Å². The Hall–Kier alpha value is -3.34. The molecule has 4 rings (SSSR count). The molecule has 1 amide bonds. The Kier molecular flexibility index (Phi) is 3.59. The molecular weight excluding hydrogens is 304 g/mol. The number of carbonyl (C=O) groups is 1. The highest BCUT2D eigenvalue weighted by molar-refractivity contribution is 6.00. The maximum absolute atomic E-state index is 12.2. The summed E-state index contributed by atoms with van der Waals surface area (Å²) in [5.41, 5.74) is 3.95. The molecule has 1 heterocycles. The Balaban J connectivity index is 1.51. The van der Waals surface area contributed by atoms with Crippen molar-refractivity contribution in [3.05, 3.63) is 71.8 Å². The lowest BCUT2D eigenvalue weighted by atomic mass is 10.1. The van der Waals surface area contributed by atoms with Crippen LogP contribution in [-0.4, -0.2) is 18.9 Å². The van der Waals surface area contributed by atoms with E-state index >= 15 is 0 Å². The Morgan fingerprint density at radius 2 is 1.83 bits per heavy atom. The summed E-state index contributed by atoms with van der Waals surface area (Å²) in [5, 5.41) is 6.28. The lowest BCUT2D eigenvalue weighted by Gasteiger charge is -2.03. The van der Waals surface area contributed by atoms with E-state index in [1.807, 2.05) is 42.5 Å². The first kappa shape index (κ1) is 14.3. The first-order valence-corrected chi connectivity index (χ1v) is 7.52. The van der Waals surface area contributed by atoms with Crippen LogP contribution in [0, 0.1) is 0 Å². The van der Waals surface area contributed by atoms with Crippen LogP contribution in [0.2, 0.25) is 0 Å². The van der Waals surface area contributed by atoms with Crippen molar-refractivity contribution >= 4 is 22.9 Å². The molecule has 1 N–H and O–H groups in total. The van der Waals surface area contributed by atoms with Gasteiger partial charge in [-0.2, -0.15) is 5.10 Å². The van der Waals surface area contributed by atoms with E-state index in [0.717, 1.165) is 16.3 Å². The molecule has 1 aliphatic heterocycles. The molecule has 0 atom stereocenters. The van der Waals surface area contributed by atoms with Gasteiger partial charge in [-0.05, 0) is 29.0 Å². The van der Waals surface area contributed by atoms with E-state index in [4.69, 9.17) is 9.47 Å². The minimum Gasteiger partial charge on any atom is -0.454 e. The van der Waals surface area contributed by atoms with Gasteiger partial charge in [-0.25, -0.2) is 5.43 Å². The zero-order valence-electron chi connectivity index (χ0n) is 12.7. The van der Waals surface area contributed by atoms with Crippen molar-refractivity contribution in [2.24, 2.45) is 5.10 Å². The summed E-state index contributed by atoms with van der Waals surface area (Å²) in [6.07, 6.45) is 1.65. The van der Waals surface area contributed by atoms with Gasteiger partial charge in [0.2, 0.25) is 6.79 Å². The van der Waals surface area contributed by atoms with E-state index in [0.29, 0.717) is 17.1 Å². The maximum Gasteiger partial charge on any atom is 0.271 e. The molecule has 3 aromatic rings. The molecule has 0 spiro atoms. The summed E-state index contributed by atoms with van der Waals surface area (Å²) in [7, 11) is 0. The lowest BCUT2D eigenvalue weighted by Crippen LogP contribution is -2.17. The van der Waals surface area contributed by atoms with Gasteiger partial charge in [-0.1, -0.05) is 42.5 Å². The van der Waals surface area contributed by atoms with Crippen LogP contribution in [0.3, 0.4) is 0 Å². The molecule has 5 nitrogen and oxygen atoms in total. The van der Waals surface area contributed by atoms with E-state index in [9.17, 15) is 4.79 Å². The molecule has 5 heteroatoms. The highest BCUT2D eigenvalue weighted by Crippen LogP contribution is 2.32. The largest absolute Gasteiger partial charge is 0.454 e. The fraction of sp³-hybridized carbons (Fsp3) is 0.0526. The monoisotopic (exact) mass is 318 g/mol. The Bertz CT molecular complexity index is 945. The second-order valence-electron chi connectivity index (χ2n) is 5.34. The number of hydrogen-bond donors (Lipinski definition) is 1. The summed E-state index contributed by atoms with van der Waals surface area (Å²) in [6, 6.07) is 19.0. The fourth-order valence-electron chi connectivity index (χ4n) is 2.63. The van der Waals surface area contributed by atoms with E-state index in [2.05, 4.69) is 10.5 Å². The maximum atomic E-state index is 12.2. The van der Waals surface area contributed by atoms with Crippen molar-refractivity contribution in [2.45, 2.75) is 0 Å². The molecule has 0 saturated heterocycles. The van der Waals surface area contributed by atoms with Crippen molar-refractivity contribution in [1.82, 2.24) is 5.43 Å². The molecule has 1 aliphatic rings. The van der Waals surface area contributed by atoms with Gasteiger partial charge >= 0.3 is 0 Å². The quantitative estimate of drug-likeness (QED) is 0.595. The average molecular weight is 318 g/mol. The number of benzene rings is 3. The van der Waals surface area contributed by atoms with Crippen LogP contribution in [0.15, 0.2) is 65.8 Å². The Labute approximate surface area is 138 Å². The predicted molar refractivity (Wildman–Crippen MR) is 91.6 cm³/mol. The summed E-state index contributed by atoms with van der Waals surface area (Å²) < 4.78 is 10.5. The third-order valence-corrected chi connectivity index (χ3v) is 3.83. The SMILES string of the molecule is O=C(NN=Cc1cccc2ccccc12)c1ccc2c(c1)OCO2. The zero-order valence-corrected chi connectivity index (χ0v) is 12.7. The Morgan fingerprint density at radius 1 is 1.00 bits per heavy atom. The van der Waals surface area contributed by atoms with Gasteiger partial charge in [0.15, 0.2) is 11.5 Å². The van der Waals surface area contributed by atoms with E-state index in [-0.39, 0.29) is 12.7 Å². The number of nitrogens with one attached hydrogen (secondary N) is 1. The smallest absolute Gasteiger partial charge is 0.271 e. The van der Waals surface area contributed by atoms with Crippen molar-refractivity contribution in [1.29, 1.82) is 0 Å². The van der Waals surface area contributed by atoms with Gasteiger partial charge in [0, 0.05) is 11.1 Å². The number of nitrogens with zero attached hydrogens (tertiary/aromatic N) is 1. The van der Waals surface area contributed by atoms with E-state index in [1.165, 1.54) is 0 Å². The number of fused-ring (bicyclic) bond motifs is 2. The zero-order chi connectivity index (χ0) is 16.4. The van der Waals surface area contributed by atoms with Crippen molar-refractivity contribution < 1.29 is 14.3 Å². The van der Waals surface area contributed by atoms with Crippen LogP contribution in [0.4, 0.5) is 0 Å². The highest BCUT2D eigenvalue weighted by Gasteiger charge is 2.15. The average Bonchev–Trinajstić information content (AvgIpc) is 3.09. The molecule has 0 aromatic heterocycles. The standard InChI is InChI=1S/C19H14N2O3/c22-19(14-8-9-17-18(10-14)24-12-23-17)21-20-11-15-6-3-5-13-4-1-2-7-16(13)15/h1-11H,12H2,(H,21,22). The van der Waals surface area contributed by atoms with Crippen molar-refractivity contribution in [3.8, 4) is 11.5 Å². The molecule has 3 aromatic carbocycles.